The maximum absolute atomic E-state index is 13.1. The van der Waals surface area contributed by atoms with Crippen molar-refractivity contribution < 1.29 is 4.39 Å². The van der Waals surface area contributed by atoms with E-state index in [0.29, 0.717) is 5.82 Å². The SMILES string of the molecule is Cc1ccsc1-c1nn(C)c(N)c1-c1ccc(F)cc1. The number of hydrogen-bond donors (Lipinski definition) is 1. The average Bonchev–Trinajstić information content (AvgIpc) is 2.96. The van der Waals surface area contributed by atoms with Crippen LogP contribution in [0.2, 0.25) is 0 Å². The summed E-state index contributed by atoms with van der Waals surface area (Å²) in [6.07, 6.45) is 0. The van der Waals surface area contributed by atoms with Gasteiger partial charge in [-0.25, -0.2) is 4.39 Å². The number of anilines is 1. The first-order valence-electron chi connectivity index (χ1n) is 6.21. The molecule has 2 heterocycles. The molecule has 3 rings (SSSR count). The zero-order valence-electron chi connectivity index (χ0n) is 11.2. The number of rotatable bonds is 2. The molecule has 0 aliphatic heterocycles. The highest BCUT2D eigenvalue weighted by Gasteiger charge is 2.19. The topological polar surface area (TPSA) is 43.8 Å². The highest BCUT2D eigenvalue weighted by Crippen LogP contribution is 2.39. The van der Waals surface area contributed by atoms with E-state index in [0.717, 1.165) is 27.3 Å². The van der Waals surface area contributed by atoms with Crippen LogP contribution in [-0.4, -0.2) is 9.78 Å². The molecule has 102 valence electrons. The van der Waals surface area contributed by atoms with Crippen molar-refractivity contribution in [3.63, 3.8) is 0 Å². The molecule has 0 fully saturated rings. The van der Waals surface area contributed by atoms with Gasteiger partial charge in [-0.1, -0.05) is 12.1 Å². The molecule has 0 aliphatic rings. The Morgan fingerprint density at radius 2 is 1.90 bits per heavy atom. The van der Waals surface area contributed by atoms with Crippen LogP contribution < -0.4 is 5.73 Å². The van der Waals surface area contributed by atoms with Gasteiger partial charge in [-0.3, -0.25) is 4.68 Å². The maximum Gasteiger partial charge on any atom is 0.129 e. The Morgan fingerprint density at radius 1 is 1.20 bits per heavy atom. The van der Waals surface area contributed by atoms with E-state index in [4.69, 9.17) is 5.73 Å². The summed E-state index contributed by atoms with van der Waals surface area (Å²) < 4.78 is 14.8. The molecule has 0 spiro atoms. The molecule has 0 saturated heterocycles. The Kier molecular flexibility index (Phi) is 3.06. The van der Waals surface area contributed by atoms with Crippen LogP contribution in [0.4, 0.5) is 10.2 Å². The lowest BCUT2D eigenvalue weighted by molar-refractivity contribution is 0.628. The van der Waals surface area contributed by atoms with Crippen molar-refractivity contribution in [1.29, 1.82) is 0 Å². The molecule has 0 atom stereocenters. The van der Waals surface area contributed by atoms with Crippen LogP contribution in [0, 0.1) is 12.7 Å². The Labute approximate surface area is 120 Å². The van der Waals surface area contributed by atoms with Crippen LogP contribution in [0.25, 0.3) is 21.7 Å². The molecule has 1 aromatic carbocycles. The van der Waals surface area contributed by atoms with Gasteiger partial charge in [0.25, 0.3) is 0 Å². The Morgan fingerprint density at radius 3 is 2.50 bits per heavy atom. The van der Waals surface area contributed by atoms with E-state index in [1.165, 1.54) is 12.1 Å². The minimum atomic E-state index is -0.259. The Bertz CT molecular complexity index is 756. The number of aryl methyl sites for hydroxylation is 2. The molecule has 5 heteroatoms. The average molecular weight is 287 g/mol. The third kappa shape index (κ3) is 2.00. The Balaban J connectivity index is 2.25. The summed E-state index contributed by atoms with van der Waals surface area (Å²) in [6, 6.07) is 8.39. The molecule has 0 radical (unpaired) electrons. The van der Waals surface area contributed by atoms with E-state index in [-0.39, 0.29) is 5.82 Å². The van der Waals surface area contributed by atoms with E-state index in [2.05, 4.69) is 11.2 Å². The summed E-state index contributed by atoms with van der Waals surface area (Å²) >= 11 is 1.63. The van der Waals surface area contributed by atoms with Gasteiger partial charge in [-0.15, -0.1) is 11.3 Å². The van der Waals surface area contributed by atoms with Crippen molar-refractivity contribution in [1.82, 2.24) is 9.78 Å². The van der Waals surface area contributed by atoms with Crippen molar-refractivity contribution in [3.05, 3.63) is 47.1 Å². The van der Waals surface area contributed by atoms with Gasteiger partial charge in [0, 0.05) is 7.05 Å². The second-order valence-corrected chi connectivity index (χ2v) is 5.59. The highest BCUT2D eigenvalue weighted by molar-refractivity contribution is 7.13. The molecule has 0 saturated carbocycles. The quantitative estimate of drug-likeness (QED) is 0.778. The Hall–Kier alpha value is -2.14. The van der Waals surface area contributed by atoms with Crippen LogP contribution in [0.5, 0.6) is 0 Å². The molecule has 0 aliphatic carbocycles. The second kappa shape index (κ2) is 4.76. The van der Waals surface area contributed by atoms with Crippen molar-refractivity contribution in [2.75, 3.05) is 5.73 Å². The van der Waals surface area contributed by atoms with E-state index < -0.39 is 0 Å². The van der Waals surface area contributed by atoms with Crippen LogP contribution in [-0.2, 0) is 7.05 Å². The fourth-order valence-electron chi connectivity index (χ4n) is 2.21. The lowest BCUT2D eigenvalue weighted by Gasteiger charge is -2.04. The van der Waals surface area contributed by atoms with Crippen molar-refractivity contribution in [3.8, 4) is 21.7 Å². The number of hydrogen-bond acceptors (Lipinski definition) is 3. The first-order valence-corrected chi connectivity index (χ1v) is 7.08. The normalized spacial score (nSPS) is 10.9. The third-order valence-corrected chi connectivity index (χ3v) is 4.32. The van der Waals surface area contributed by atoms with Gasteiger partial charge >= 0.3 is 0 Å². The second-order valence-electron chi connectivity index (χ2n) is 4.67. The minimum Gasteiger partial charge on any atom is -0.383 e. The number of benzene rings is 1. The molecule has 0 unspecified atom stereocenters. The predicted octanol–water partition coefficient (Wildman–Crippen LogP) is 3.85. The zero-order chi connectivity index (χ0) is 14.3. The number of nitrogens with zero attached hydrogens (tertiary/aromatic N) is 2. The van der Waals surface area contributed by atoms with Gasteiger partial charge in [0.2, 0.25) is 0 Å². The number of halogens is 1. The summed E-state index contributed by atoms with van der Waals surface area (Å²) in [6.45, 7) is 2.05. The van der Waals surface area contributed by atoms with E-state index in [9.17, 15) is 4.39 Å². The first kappa shape index (κ1) is 12.9. The molecule has 2 N–H and O–H groups in total. The molecule has 3 nitrogen and oxygen atoms in total. The van der Waals surface area contributed by atoms with Crippen molar-refractivity contribution in [2.24, 2.45) is 7.05 Å². The molecule has 0 amide bonds. The maximum atomic E-state index is 13.1. The number of nitrogens with two attached hydrogens (primary N) is 1. The fourth-order valence-corrected chi connectivity index (χ4v) is 3.13. The molecule has 3 aromatic rings. The van der Waals surface area contributed by atoms with Crippen LogP contribution in [0.3, 0.4) is 0 Å². The van der Waals surface area contributed by atoms with Gasteiger partial charge in [-0.2, -0.15) is 5.10 Å². The standard InChI is InChI=1S/C15H14FN3S/c1-9-7-8-20-14(9)13-12(15(17)19(2)18-13)10-3-5-11(16)6-4-10/h3-8H,17H2,1-2H3. The smallest absolute Gasteiger partial charge is 0.129 e. The molecule has 20 heavy (non-hydrogen) atoms. The summed E-state index contributed by atoms with van der Waals surface area (Å²) in [4.78, 5) is 1.09. The van der Waals surface area contributed by atoms with Gasteiger partial charge < -0.3 is 5.73 Å². The number of aromatic nitrogens is 2. The van der Waals surface area contributed by atoms with Crippen molar-refractivity contribution in [2.45, 2.75) is 6.92 Å². The molecular weight excluding hydrogens is 273 g/mol. The lowest BCUT2D eigenvalue weighted by Crippen LogP contribution is -1.97. The van der Waals surface area contributed by atoms with E-state index in [1.54, 1.807) is 28.2 Å². The van der Waals surface area contributed by atoms with E-state index >= 15 is 0 Å². The summed E-state index contributed by atoms with van der Waals surface area (Å²) in [5.74, 6) is 0.324. The first-order chi connectivity index (χ1) is 9.58. The van der Waals surface area contributed by atoms with E-state index in [1.807, 2.05) is 19.4 Å². The monoisotopic (exact) mass is 287 g/mol. The van der Waals surface area contributed by atoms with Crippen LogP contribution >= 0.6 is 11.3 Å². The van der Waals surface area contributed by atoms with Gasteiger partial charge in [0.15, 0.2) is 0 Å². The van der Waals surface area contributed by atoms with Crippen molar-refractivity contribution >= 4 is 17.2 Å². The summed E-state index contributed by atoms with van der Waals surface area (Å²) in [7, 11) is 1.81. The van der Waals surface area contributed by atoms with Gasteiger partial charge in [-0.05, 0) is 41.6 Å². The van der Waals surface area contributed by atoms with Crippen LogP contribution in [0.15, 0.2) is 35.7 Å². The van der Waals surface area contributed by atoms with Gasteiger partial charge in [0.1, 0.15) is 17.3 Å². The number of thiophene rings is 1. The summed E-state index contributed by atoms with van der Waals surface area (Å²) in [5, 5.41) is 6.55. The number of nitrogen functional groups attached to an aromatic ring is 1. The molecular formula is C15H14FN3S. The molecule has 2 aromatic heterocycles. The third-order valence-electron chi connectivity index (χ3n) is 3.30. The lowest BCUT2D eigenvalue weighted by atomic mass is 10.0. The molecule has 0 bridgehead atoms. The van der Waals surface area contributed by atoms with Gasteiger partial charge in [0.05, 0.1) is 10.4 Å². The summed E-state index contributed by atoms with van der Waals surface area (Å²) in [5.41, 5.74) is 9.89. The zero-order valence-corrected chi connectivity index (χ0v) is 12.0. The highest BCUT2D eigenvalue weighted by atomic mass is 32.1. The minimum absolute atomic E-state index is 0.259. The predicted molar refractivity (Wildman–Crippen MR) is 81.1 cm³/mol. The fraction of sp³-hybridized carbons (Fsp3) is 0.133. The van der Waals surface area contributed by atoms with Crippen LogP contribution in [0.1, 0.15) is 5.56 Å². The largest absolute Gasteiger partial charge is 0.383 e.